The number of rotatable bonds is 8. The third-order valence-electron chi connectivity index (χ3n) is 2.60. The summed E-state index contributed by atoms with van der Waals surface area (Å²) in [6.45, 7) is -1.12. The van der Waals surface area contributed by atoms with E-state index in [9.17, 15) is 30.8 Å². The van der Waals surface area contributed by atoms with Gasteiger partial charge in [0.25, 0.3) is 0 Å². The van der Waals surface area contributed by atoms with Crippen LogP contribution in [-0.4, -0.2) is 42.5 Å². The molecule has 0 spiro atoms. The lowest BCUT2D eigenvalue weighted by Gasteiger charge is -2.23. The number of carbonyl (C=O) groups is 1. The highest BCUT2D eigenvalue weighted by Crippen LogP contribution is 2.40. The van der Waals surface area contributed by atoms with E-state index in [1.165, 1.54) is 0 Å². The number of alkyl halides is 4. The van der Waals surface area contributed by atoms with Crippen LogP contribution in [0.3, 0.4) is 0 Å². The van der Waals surface area contributed by atoms with Gasteiger partial charge in [-0.15, -0.1) is 11.8 Å². The molecule has 0 saturated carbocycles. The topological polar surface area (TPSA) is 80.7 Å². The summed E-state index contributed by atoms with van der Waals surface area (Å²) in [4.78, 5) is 12.1. The van der Waals surface area contributed by atoms with E-state index in [1.54, 1.807) is 24.3 Å². The molecule has 136 valence electrons. The summed E-state index contributed by atoms with van der Waals surface area (Å²) in [5.74, 6) is -6.24. The molecule has 0 radical (unpaired) electrons. The van der Waals surface area contributed by atoms with Crippen molar-refractivity contribution in [1.29, 1.82) is 0 Å². The highest BCUT2D eigenvalue weighted by atomic mass is 127. The van der Waals surface area contributed by atoms with Crippen LogP contribution in [0.2, 0.25) is 0 Å². The smallest absolute Gasteiger partial charge is 0.431 e. The number of esters is 1. The standard InChI is InChI=1S/C12H11F4IO5S2/c13-11(14,12(15,16)24(19,20)21)5-6-22-10(18)7-23-9-3-1-8(17)2-4-9/h1-4H,5-7H2,(H,19,20,21). The molecule has 0 fully saturated rings. The number of ether oxygens (including phenoxy) is 1. The van der Waals surface area contributed by atoms with Crippen LogP contribution in [0.4, 0.5) is 17.6 Å². The second-order valence-corrected chi connectivity index (χ2v) is 8.17. The van der Waals surface area contributed by atoms with Crippen LogP contribution in [0.1, 0.15) is 6.42 Å². The van der Waals surface area contributed by atoms with Crippen molar-refractivity contribution >= 4 is 50.4 Å². The first kappa shape index (κ1) is 21.4. The van der Waals surface area contributed by atoms with Crippen LogP contribution in [0.25, 0.3) is 0 Å². The number of thioether (sulfide) groups is 1. The average Bonchev–Trinajstić information content (AvgIpc) is 2.45. The fourth-order valence-corrected chi connectivity index (χ4v) is 2.88. The SMILES string of the molecule is O=C(CSc1ccc(I)cc1)OCCC(F)(F)C(F)(F)S(=O)(=O)O. The predicted molar refractivity (Wildman–Crippen MR) is 86.9 cm³/mol. The predicted octanol–water partition coefficient (Wildman–Crippen LogP) is 3.43. The van der Waals surface area contributed by atoms with E-state index in [4.69, 9.17) is 4.55 Å². The second-order valence-electron chi connectivity index (χ2n) is 4.41. The van der Waals surface area contributed by atoms with Gasteiger partial charge in [-0.3, -0.25) is 9.35 Å². The Morgan fingerprint density at radius 3 is 2.25 bits per heavy atom. The Hall–Kier alpha value is -0.600. The van der Waals surface area contributed by atoms with E-state index < -0.39 is 40.3 Å². The molecule has 0 bridgehead atoms. The van der Waals surface area contributed by atoms with Crippen molar-refractivity contribution in [3.63, 3.8) is 0 Å². The van der Waals surface area contributed by atoms with Gasteiger partial charge >= 0.3 is 27.3 Å². The zero-order valence-corrected chi connectivity index (χ0v) is 15.5. The van der Waals surface area contributed by atoms with Gasteiger partial charge in [-0.05, 0) is 46.9 Å². The van der Waals surface area contributed by atoms with E-state index in [-0.39, 0.29) is 5.75 Å². The van der Waals surface area contributed by atoms with Crippen molar-refractivity contribution in [1.82, 2.24) is 0 Å². The maximum absolute atomic E-state index is 13.2. The number of carbonyl (C=O) groups excluding carboxylic acids is 1. The number of benzene rings is 1. The maximum Gasteiger partial charge on any atom is 0.431 e. The molecule has 5 nitrogen and oxygen atoms in total. The van der Waals surface area contributed by atoms with Gasteiger partial charge in [-0.25, -0.2) is 0 Å². The first-order chi connectivity index (χ1) is 10.9. The first-order valence-electron chi connectivity index (χ1n) is 6.13. The monoisotopic (exact) mass is 502 g/mol. The largest absolute Gasteiger partial charge is 0.465 e. The average molecular weight is 502 g/mol. The summed E-state index contributed by atoms with van der Waals surface area (Å²) in [6.07, 6.45) is -1.75. The second kappa shape index (κ2) is 8.19. The normalized spacial score (nSPS) is 12.9. The molecule has 0 unspecified atom stereocenters. The summed E-state index contributed by atoms with van der Waals surface area (Å²) in [5, 5.41) is -5.66. The van der Waals surface area contributed by atoms with Gasteiger partial charge in [0.05, 0.1) is 18.8 Å². The number of hydrogen-bond donors (Lipinski definition) is 1. The van der Waals surface area contributed by atoms with Gasteiger partial charge in [0, 0.05) is 8.47 Å². The van der Waals surface area contributed by atoms with Crippen LogP contribution in [0, 0.1) is 3.57 Å². The fraction of sp³-hybridized carbons (Fsp3) is 0.417. The molecule has 0 amide bonds. The molecule has 0 aromatic heterocycles. The zero-order chi connectivity index (χ0) is 18.6. The van der Waals surface area contributed by atoms with Gasteiger partial charge in [0.15, 0.2) is 0 Å². The van der Waals surface area contributed by atoms with Crippen LogP contribution >= 0.6 is 34.4 Å². The van der Waals surface area contributed by atoms with Gasteiger partial charge in [-0.2, -0.15) is 26.0 Å². The molecule has 12 heteroatoms. The van der Waals surface area contributed by atoms with E-state index in [1.807, 2.05) is 0 Å². The Bertz CT molecular complexity index is 679. The Balaban J connectivity index is 2.46. The van der Waals surface area contributed by atoms with Crippen molar-refractivity contribution < 1.29 is 40.1 Å². The highest BCUT2D eigenvalue weighted by Gasteiger charge is 2.65. The molecule has 0 saturated heterocycles. The Morgan fingerprint density at radius 2 is 1.75 bits per heavy atom. The molecule has 0 heterocycles. The molecule has 1 aromatic carbocycles. The van der Waals surface area contributed by atoms with Crippen LogP contribution in [0.15, 0.2) is 29.2 Å². The summed E-state index contributed by atoms with van der Waals surface area (Å²) in [7, 11) is -6.29. The minimum absolute atomic E-state index is 0.235. The molecular formula is C12H11F4IO5S2. The Morgan fingerprint density at radius 1 is 1.21 bits per heavy atom. The lowest BCUT2D eigenvalue weighted by Crippen LogP contribution is -2.47. The van der Waals surface area contributed by atoms with E-state index in [0.717, 1.165) is 20.2 Å². The lowest BCUT2D eigenvalue weighted by atomic mass is 10.2. The Kier molecular flexibility index (Phi) is 7.31. The maximum atomic E-state index is 13.2. The minimum atomic E-state index is -6.29. The van der Waals surface area contributed by atoms with Crippen molar-refractivity contribution in [3.05, 3.63) is 27.8 Å². The highest BCUT2D eigenvalue weighted by molar-refractivity contribution is 14.1. The minimum Gasteiger partial charge on any atom is -0.465 e. The first-order valence-corrected chi connectivity index (χ1v) is 9.64. The summed E-state index contributed by atoms with van der Waals surface area (Å²) >= 11 is 3.14. The molecule has 24 heavy (non-hydrogen) atoms. The third-order valence-corrected chi connectivity index (χ3v) is 5.25. The molecule has 1 rings (SSSR count). The molecular weight excluding hydrogens is 491 g/mol. The fourth-order valence-electron chi connectivity index (χ4n) is 1.34. The van der Waals surface area contributed by atoms with Crippen LogP contribution in [-0.2, 0) is 19.6 Å². The quantitative estimate of drug-likeness (QED) is 0.193. The lowest BCUT2D eigenvalue weighted by molar-refractivity contribution is -0.173. The summed E-state index contributed by atoms with van der Waals surface area (Å²) < 4.78 is 86.2. The molecule has 0 aliphatic heterocycles. The van der Waals surface area contributed by atoms with E-state index in [2.05, 4.69) is 27.3 Å². The van der Waals surface area contributed by atoms with Gasteiger partial charge in [0.1, 0.15) is 0 Å². The number of halogens is 5. The van der Waals surface area contributed by atoms with E-state index >= 15 is 0 Å². The molecule has 0 aliphatic rings. The van der Waals surface area contributed by atoms with Gasteiger partial charge < -0.3 is 4.74 Å². The van der Waals surface area contributed by atoms with Crippen molar-refractivity contribution in [2.24, 2.45) is 0 Å². The van der Waals surface area contributed by atoms with Crippen molar-refractivity contribution in [3.8, 4) is 0 Å². The van der Waals surface area contributed by atoms with Gasteiger partial charge in [-0.1, -0.05) is 0 Å². The van der Waals surface area contributed by atoms with Crippen LogP contribution < -0.4 is 0 Å². The third kappa shape index (κ3) is 5.74. The summed E-state index contributed by atoms with van der Waals surface area (Å²) in [5.41, 5.74) is 0. The molecule has 0 atom stereocenters. The zero-order valence-electron chi connectivity index (χ0n) is 11.7. The molecule has 1 aromatic rings. The summed E-state index contributed by atoms with van der Waals surface area (Å²) in [6, 6.07) is 7.01. The van der Waals surface area contributed by atoms with E-state index in [0.29, 0.717) is 0 Å². The Labute approximate surface area is 153 Å². The molecule has 1 N–H and O–H groups in total. The van der Waals surface area contributed by atoms with Crippen molar-refractivity contribution in [2.45, 2.75) is 22.5 Å². The van der Waals surface area contributed by atoms with Crippen molar-refractivity contribution in [2.75, 3.05) is 12.4 Å². The van der Waals surface area contributed by atoms with Crippen LogP contribution in [0.5, 0.6) is 0 Å². The molecule has 0 aliphatic carbocycles. The van der Waals surface area contributed by atoms with Gasteiger partial charge in [0.2, 0.25) is 0 Å². The number of hydrogen-bond acceptors (Lipinski definition) is 5.